The van der Waals surface area contributed by atoms with E-state index >= 15 is 0 Å². The summed E-state index contributed by atoms with van der Waals surface area (Å²) < 4.78 is 35.6. The first kappa shape index (κ1) is 16.1. The van der Waals surface area contributed by atoms with Crippen LogP contribution in [0.2, 0.25) is 0 Å². The Morgan fingerprint density at radius 2 is 1.85 bits per heavy atom. The van der Waals surface area contributed by atoms with Crippen LogP contribution in [0.1, 0.15) is 24.8 Å². The molecule has 3 N–H and O–H groups in total. The SMILES string of the molecule is Nc1ccc(/C=C/C(=O)NCCCCC(F)(F)F)cc1. The number of hydrogen-bond donors (Lipinski definition) is 2. The van der Waals surface area contributed by atoms with Gasteiger partial charge in [0.2, 0.25) is 5.91 Å². The van der Waals surface area contributed by atoms with Gasteiger partial charge in [0.25, 0.3) is 0 Å². The van der Waals surface area contributed by atoms with Gasteiger partial charge in [-0.15, -0.1) is 0 Å². The van der Waals surface area contributed by atoms with Crippen LogP contribution in [0, 0.1) is 0 Å². The molecule has 0 bridgehead atoms. The van der Waals surface area contributed by atoms with Crippen LogP contribution in [0.15, 0.2) is 30.3 Å². The number of anilines is 1. The third-order valence-corrected chi connectivity index (χ3v) is 2.55. The zero-order valence-electron chi connectivity index (χ0n) is 10.9. The van der Waals surface area contributed by atoms with E-state index in [2.05, 4.69) is 5.32 Å². The molecule has 1 rings (SSSR count). The van der Waals surface area contributed by atoms with Crippen LogP contribution < -0.4 is 11.1 Å². The van der Waals surface area contributed by atoms with Crippen LogP contribution in [0.3, 0.4) is 0 Å². The molecule has 1 aromatic carbocycles. The summed E-state index contributed by atoms with van der Waals surface area (Å²) in [5, 5.41) is 2.53. The lowest BCUT2D eigenvalue weighted by Crippen LogP contribution is -2.22. The second-order valence-corrected chi connectivity index (χ2v) is 4.36. The second-order valence-electron chi connectivity index (χ2n) is 4.36. The number of unbranched alkanes of at least 4 members (excludes halogenated alkanes) is 1. The van der Waals surface area contributed by atoms with Crippen molar-refractivity contribution >= 4 is 17.7 Å². The van der Waals surface area contributed by atoms with Crippen molar-refractivity contribution in [1.82, 2.24) is 5.32 Å². The molecule has 0 fully saturated rings. The molecule has 0 spiro atoms. The Hall–Kier alpha value is -1.98. The van der Waals surface area contributed by atoms with Crippen molar-refractivity contribution in [2.24, 2.45) is 0 Å². The van der Waals surface area contributed by atoms with Gasteiger partial charge >= 0.3 is 6.18 Å². The molecule has 6 heteroatoms. The highest BCUT2D eigenvalue weighted by Crippen LogP contribution is 2.21. The molecule has 20 heavy (non-hydrogen) atoms. The number of alkyl halides is 3. The standard InChI is InChI=1S/C14H17F3N2O/c15-14(16,17)9-1-2-10-19-13(20)8-5-11-3-6-12(18)7-4-11/h3-8H,1-2,9-10,18H2,(H,19,20)/b8-5+. The molecule has 0 saturated carbocycles. The second kappa shape index (κ2) is 7.57. The number of nitrogens with one attached hydrogen (secondary N) is 1. The Morgan fingerprint density at radius 3 is 2.45 bits per heavy atom. The van der Waals surface area contributed by atoms with Crippen molar-refractivity contribution in [2.45, 2.75) is 25.4 Å². The van der Waals surface area contributed by atoms with Crippen LogP contribution in [-0.2, 0) is 4.79 Å². The van der Waals surface area contributed by atoms with Crippen molar-refractivity contribution in [3.63, 3.8) is 0 Å². The van der Waals surface area contributed by atoms with Gasteiger partial charge in [-0.1, -0.05) is 12.1 Å². The van der Waals surface area contributed by atoms with Gasteiger partial charge in [0.1, 0.15) is 0 Å². The predicted molar refractivity (Wildman–Crippen MR) is 72.8 cm³/mol. The zero-order chi connectivity index (χ0) is 15.0. The maximum atomic E-state index is 11.9. The highest BCUT2D eigenvalue weighted by molar-refractivity contribution is 5.91. The van der Waals surface area contributed by atoms with E-state index in [1.807, 2.05) is 0 Å². The minimum atomic E-state index is -4.13. The number of carbonyl (C=O) groups excluding carboxylic acids is 1. The Labute approximate surface area is 115 Å². The summed E-state index contributed by atoms with van der Waals surface area (Å²) in [4.78, 5) is 11.4. The molecule has 0 aliphatic heterocycles. The highest BCUT2D eigenvalue weighted by atomic mass is 19.4. The molecule has 1 amide bonds. The van der Waals surface area contributed by atoms with Crippen molar-refractivity contribution in [2.75, 3.05) is 12.3 Å². The fourth-order valence-electron chi connectivity index (χ4n) is 1.50. The maximum absolute atomic E-state index is 11.9. The Morgan fingerprint density at radius 1 is 1.20 bits per heavy atom. The molecule has 0 aliphatic carbocycles. The molecule has 0 unspecified atom stereocenters. The molecule has 0 radical (unpaired) electrons. The third-order valence-electron chi connectivity index (χ3n) is 2.55. The Bertz CT molecular complexity index is 452. The van der Waals surface area contributed by atoms with Gasteiger partial charge in [0.15, 0.2) is 0 Å². The topological polar surface area (TPSA) is 55.1 Å². The first-order valence-electron chi connectivity index (χ1n) is 6.25. The third kappa shape index (κ3) is 7.45. The van der Waals surface area contributed by atoms with Crippen LogP contribution in [0.5, 0.6) is 0 Å². The summed E-state index contributed by atoms with van der Waals surface area (Å²) >= 11 is 0. The van der Waals surface area contributed by atoms with Gasteiger partial charge in [-0.25, -0.2) is 0 Å². The first-order chi connectivity index (χ1) is 9.37. The quantitative estimate of drug-likeness (QED) is 0.479. The number of amides is 1. The number of halogens is 3. The van der Waals surface area contributed by atoms with Crippen molar-refractivity contribution < 1.29 is 18.0 Å². The fraction of sp³-hybridized carbons (Fsp3) is 0.357. The summed E-state index contributed by atoms with van der Waals surface area (Å²) in [5.41, 5.74) is 6.98. The van der Waals surface area contributed by atoms with Crippen molar-refractivity contribution in [3.8, 4) is 0 Å². The van der Waals surface area contributed by atoms with Gasteiger partial charge in [0, 0.05) is 24.7 Å². The van der Waals surface area contributed by atoms with Crippen molar-refractivity contribution in [3.05, 3.63) is 35.9 Å². The van der Waals surface area contributed by atoms with Gasteiger partial charge in [-0.3, -0.25) is 4.79 Å². The number of carbonyl (C=O) groups is 1. The van der Waals surface area contributed by atoms with Crippen LogP contribution in [-0.4, -0.2) is 18.6 Å². The van der Waals surface area contributed by atoms with Gasteiger partial charge < -0.3 is 11.1 Å². The number of benzene rings is 1. The Kier molecular flexibility index (Phi) is 6.09. The van der Waals surface area contributed by atoms with Crippen molar-refractivity contribution in [1.29, 1.82) is 0 Å². The number of rotatable bonds is 6. The smallest absolute Gasteiger partial charge is 0.389 e. The minimum absolute atomic E-state index is 0.0193. The summed E-state index contributed by atoms with van der Waals surface area (Å²) in [7, 11) is 0. The predicted octanol–water partition coefficient (Wildman–Crippen LogP) is 3.13. The molecule has 0 saturated heterocycles. The van der Waals surface area contributed by atoms with Gasteiger partial charge in [0.05, 0.1) is 0 Å². The van der Waals surface area contributed by atoms with E-state index < -0.39 is 12.6 Å². The minimum Gasteiger partial charge on any atom is -0.399 e. The number of nitrogen functional groups attached to an aromatic ring is 1. The monoisotopic (exact) mass is 286 g/mol. The van der Waals surface area contributed by atoms with Gasteiger partial charge in [-0.05, 0) is 36.6 Å². The van der Waals surface area contributed by atoms with E-state index in [0.29, 0.717) is 12.1 Å². The summed E-state index contributed by atoms with van der Waals surface area (Å²) in [5.74, 6) is -0.325. The van der Waals surface area contributed by atoms with E-state index in [1.54, 1.807) is 30.3 Å². The maximum Gasteiger partial charge on any atom is 0.389 e. The van der Waals surface area contributed by atoms with Crippen LogP contribution in [0.4, 0.5) is 18.9 Å². The molecule has 0 atom stereocenters. The molecule has 0 aliphatic rings. The lowest BCUT2D eigenvalue weighted by atomic mass is 10.2. The lowest BCUT2D eigenvalue weighted by molar-refractivity contribution is -0.135. The van der Waals surface area contributed by atoms with Crippen LogP contribution in [0.25, 0.3) is 6.08 Å². The van der Waals surface area contributed by atoms with E-state index in [0.717, 1.165) is 5.56 Å². The first-order valence-corrected chi connectivity index (χ1v) is 6.25. The largest absolute Gasteiger partial charge is 0.399 e. The normalized spacial score (nSPS) is 11.8. The van der Waals surface area contributed by atoms with E-state index in [1.165, 1.54) is 6.08 Å². The molecule has 0 aromatic heterocycles. The summed E-state index contributed by atoms with van der Waals surface area (Å²) in [6.45, 7) is 0.237. The molecular formula is C14H17F3N2O. The molecule has 3 nitrogen and oxygen atoms in total. The number of nitrogens with two attached hydrogens (primary N) is 1. The zero-order valence-corrected chi connectivity index (χ0v) is 10.9. The fourth-order valence-corrected chi connectivity index (χ4v) is 1.50. The van der Waals surface area contributed by atoms with Gasteiger partial charge in [-0.2, -0.15) is 13.2 Å². The molecule has 110 valence electrons. The van der Waals surface area contributed by atoms with E-state index in [4.69, 9.17) is 5.73 Å². The molecular weight excluding hydrogens is 269 g/mol. The average molecular weight is 286 g/mol. The summed E-state index contributed by atoms with van der Waals surface area (Å²) in [6.07, 6.45) is -1.66. The van der Waals surface area contributed by atoms with Crippen LogP contribution >= 0.6 is 0 Å². The highest BCUT2D eigenvalue weighted by Gasteiger charge is 2.25. The van der Waals surface area contributed by atoms with E-state index in [9.17, 15) is 18.0 Å². The summed E-state index contributed by atoms with van der Waals surface area (Å²) in [6, 6.07) is 6.97. The average Bonchev–Trinajstić information content (AvgIpc) is 2.36. The molecule has 1 aromatic rings. The lowest BCUT2D eigenvalue weighted by Gasteiger charge is -2.05. The Balaban J connectivity index is 2.22. The van der Waals surface area contributed by atoms with E-state index in [-0.39, 0.29) is 18.9 Å². The molecule has 0 heterocycles. The number of hydrogen-bond acceptors (Lipinski definition) is 2.